The monoisotopic (exact) mass is 317 g/mol. The van der Waals surface area contributed by atoms with Gasteiger partial charge in [0.1, 0.15) is 0 Å². The minimum Gasteiger partial charge on any atom is -0.357 e. The number of carbonyl (C=O) groups is 1. The van der Waals surface area contributed by atoms with Gasteiger partial charge in [-0.15, -0.1) is 0 Å². The summed E-state index contributed by atoms with van der Waals surface area (Å²) in [6, 6.07) is 6.37. The Bertz CT molecular complexity index is 499. The predicted molar refractivity (Wildman–Crippen MR) is 92.3 cm³/mol. The first-order chi connectivity index (χ1) is 11.3. The van der Waals surface area contributed by atoms with Crippen molar-refractivity contribution < 1.29 is 4.79 Å². The van der Waals surface area contributed by atoms with Gasteiger partial charge < -0.3 is 16.0 Å². The second-order valence-electron chi connectivity index (χ2n) is 5.70. The van der Waals surface area contributed by atoms with Crippen molar-refractivity contribution in [2.75, 3.05) is 19.6 Å². The number of amides is 1. The lowest BCUT2D eigenvalue weighted by molar-refractivity contribution is -0.121. The molecule has 6 nitrogen and oxygen atoms in total. The summed E-state index contributed by atoms with van der Waals surface area (Å²) in [6.45, 7) is 4.29. The predicted octanol–water partition coefficient (Wildman–Crippen LogP) is 1.24. The first-order valence-electron chi connectivity index (χ1n) is 8.49. The molecule has 1 amide bonds. The SMILES string of the molecule is CCNC(=NCCCC(=O)NC1CC1)NCCc1ccccn1. The normalized spacial score (nSPS) is 14.4. The van der Waals surface area contributed by atoms with E-state index >= 15 is 0 Å². The van der Waals surface area contributed by atoms with E-state index in [2.05, 4.69) is 25.9 Å². The van der Waals surface area contributed by atoms with Crippen molar-refractivity contribution in [3.8, 4) is 0 Å². The van der Waals surface area contributed by atoms with Gasteiger partial charge in [0, 0.05) is 50.4 Å². The van der Waals surface area contributed by atoms with Crippen LogP contribution in [-0.2, 0) is 11.2 Å². The molecule has 0 saturated heterocycles. The number of guanidine groups is 1. The number of pyridine rings is 1. The molecule has 6 heteroatoms. The number of hydrogen-bond donors (Lipinski definition) is 3. The summed E-state index contributed by atoms with van der Waals surface area (Å²) in [6.07, 6.45) is 6.25. The standard InChI is InChI=1S/C17H27N5O/c1-2-18-17(21-13-10-14-6-3-4-11-19-14)20-12-5-7-16(23)22-15-8-9-15/h3-4,6,11,15H,2,5,7-10,12-13H2,1H3,(H,22,23)(H2,18,20,21). The number of carbonyl (C=O) groups excluding carboxylic acids is 1. The van der Waals surface area contributed by atoms with Crippen molar-refractivity contribution in [3.63, 3.8) is 0 Å². The van der Waals surface area contributed by atoms with E-state index < -0.39 is 0 Å². The molecule has 1 aliphatic carbocycles. The summed E-state index contributed by atoms with van der Waals surface area (Å²) in [5.41, 5.74) is 1.06. The van der Waals surface area contributed by atoms with Crippen LogP contribution in [0.3, 0.4) is 0 Å². The lowest BCUT2D eigenvalue weighted by Gasteiger charge is -2.11. The van der Waals surface area contributed by atoms with Crippen molar-refractivity contribution in [1.82, 2.24) is 20.9 Å². The Morgan fingerprint density at radius 2 is 2.22 bits per heavy atom. The van der Waals surface area contributed by atoms with Gasteiger partial charge in [-0.2, -0.15) is 0 Å². The van der Waals surface area contributed by atoms with Crippen LogP contribution in [0.2, 0.25) is 0 Å². The average Bonchev–Trinajstić information content (AvgIpc) is 3.36. The average molecular weight is 317 g/mol. The molecule has 0 spiro atoms. The fourth-order valence-corrected chi connectivity index (χ4v) is 2.15. The Balaban J connectivity index is 1.63. The molecule has 23 heavy (non-hydrogen) atoms. The van der Waals surface area contributed by atoms with Crippen molar-refractivity contribution >= 4 is 11.9 Å². The van der Waals surface area contributed by atoms with E-state index in [1.54, 1.807) is 6.20 Å². The lowest BCUT2D eigenvalue weighted by atomic mass is 10.3. The van der Waals surface area contributed by atoms with E-state index in [9.17, 15) is 4.79 Å². The summed E-state index contributed by atoms with van der Waals surface area (Å²) >= 11 is 0. The van der Waals surface area contributed by atoms with Crippen LogP contribution in [0.15, 0.2) is 29.4 Å². The van der Waals surface area contributed by atoms with Crippen LogP contribution in [0.4, 0.5) is 0 Å². The van der Waals surface area contributed by atoms with Gasteiger partial charge in [0.2, 0.25) is 5.91 Å². The highest BCUT2D eigenvalue weighted by Crippen LogP contribution is 2.18. The fraction of sp³-hybridized carbons (Fsp3) is 0.588. The van der Waals surface area contributed by atoms with Gasteiger partial charge in [0.15, 0.2) is 5.96 Å². The molecule has 0 radical (unpaired) electrons. The van der Waals surface area contributed by atoms with Gasteiger partial charge in [0.05, 0.1) is 0 Å². The van der Waals surface area contributed by atoms with Crippen LogP contribution in [-0.4, -0.2) is 42.5 Å². The van der Waals surface area contributed by atoms with Crippen LogP contribution in [0, 0.1) is 0 Å². The zero-order valence-electron chi connectivity index (χ0n) is 13.8. The molecule has 1 fully saturated rings. The van der Waals surface area contributed by atoms with E-state index in [1.165, 1.54) is 0 Å². The number of hydrogen-bond acceptors (Lipinski definition) is 3. The summed E-state index contributed by atoms with van der Waals surface area (Å²) in [4.78, 5) is 20.4. The van der Waals surface area contributed by atoms with Crippen LogP contribution in [0.5, 0.6) is 0 Å². The van der Waals surface area contributed by atoms with E-state index in [0.29, 0.717) is 19.0 Å². The third-order valence-electron chi connectivity index (χ3n) is 3.52. The summed E-state index contributed by atoms with van der Waals surface area (Å²) in [5, 5.41) is 9.51. The minimum absolute atomic E-state index is 0.149. The number of nitrogens with zero attached hydrogens (tertiary/aromatic N) is 2. The third-order valence-corrected chi connectivity index (χ3v) is 3.52. The van der Waals surface area contributed by atoms with Gasteiger partial charge in [-0.3, -0.25) is 14.8 Å². The molecule has 1 saturated carbocycles. The zero-order chi connectivity index (χ0) is 16.3. The third kappa shape index (κ3) is 7.63. The summed E-state index contributed by atoms with van der Waals surface area (Å²) < 4.78 is 0. The molecule has 0 aromatic carbocycles. The first-order valence-corrected chi connectivity index (χ1v) is 8.49. The molecule has 2 rings (SSSR count). The Kier molecular flexibility index (Phi) is 7.36. The van der Waals surface area contributed by atoms with Gasteiger partial charge >= 0.3 is 0 Å². The molecule has 126 valence electrons. The summed E-state index contributed by atoms with van der Waals surface area (Å²) in [5.74, 6) is 0.946. The molecule has 0 atom stereocenters. The Labute approximate surface area is 138 Å². The van der Waals surface area contributed by atoms with Crippen molar-refractivity contribution in [3.05, 3.63) is 30.1 Å². The second-order valence-corrected chi connectivity index (χ2v) is 5.70. The topological polar surface area (TPSA) is 78.4 Å². The highest BCUT2D eigenvalue weighted by Gasteiger charge is 2.22. The van der Waals surface area contributed by atoms with Gasteiger partial charge in [-0.05, 0) is 38.3 Å². The van der Waals surface area contributed by atoms with Crippen molar-refractivity contribution in [1.29, 1.82) is 0 Å². The Hall–Kier alpha value is -2.11. The van der Waals surface area contributed by atoms with Gasteiger partial charge in [-0.25, -0.2) is 0 Å². The highest BCUT2D eigenvalue weighted by molar-refractivity contribution is 5.80. The molecule has 0 unspecified atom stereocenters. The molecule has 1 aromatic rings. The Morgan fingerprint density at radius 1 is 1.35 bits per heavy atom. The highest BCUT2D eigenvalue weighted by atomic mass is 16.1. The van der Waals surface area contributed by atoms with Gasteiger partial charge in [-0.1, -0.05) is 6.07 Å². The van der Waals surface area contributed by atoms with Crippen LogP contribution in [0.1, 0.15) is 38.3 Å². The molecular formula is C17H27N5O. The number of rotatable bonds is 9. The maximum Gasteiger partial charge on any atom is 0.220 e. The smallest absolute Gasteiger partial charge is 0.220 e. The largest absolute Gasteiger partial charge is 0.357 e. The molecule has 3 N–H and O–H groups in total. The number of aromatic nitrogens is 1. The van der Waals surface area contributed by atoms with E-state index in [1.807, 2.05) is 25.1 Å². The second kappa shape index (κ2) is 9.82. The van der Waals surface area contributed by atoms with Crippen molar-refractivity contribution in [2.24, 2.45) is 4.99 Å². The molecule has 1 heterocycles. The molecule has 0 aliphatic heterocycles. The first kappa shape index (κ1) is 17.2. The van der Waals surface area contributed by atoms with E-state index in [-0.39, 0.29) is 5.91 Å². The van der Waals surface area contributed by atoms with E-state index in [0.717, 1.165) is 50.4 Å². The lowest BCUT2D eigenvalue weighted by Crippen LogP contribution is -2.38. The molecule has 1 aliphatic rings. The van der Waals surface area contributed by atoms with Crippen LogP contribution >= 0.6 is 0 Å². The fourth-order valence-electron chi connectivity index (χ4n) is 2.15. The maximum absolute atomic E-state index is 11.6. The number of aliphatic imine (C=N–C) groups is 1. The van der Waals surface area contributed by atoms with Crippen LogP contribution in [0.25, 0.3) is 0 Å². The summed E-state index contributed by atoms with van der Waals surface area (Å²) in [7, 11) is 0. The zero-order valence-corrected chi connectivity index (χ0v) is 13.8. The Morgan fingerprint density at radius 3 is 2.91 bits per heavy atom. The molecule has 0 bridgehead atoms. The molecule has 1 aromatic heterocycles. The van der Waals surface area contributed by atoms with Crippen LogP contribution < -0.4 is 16.0 Å². The minimum atomic E-state index is 0.149. The van der Waals surface area contributed by atoms with Gasteiger partial charge in [0.25, 0.3) is 0 Å². The molecular weight excluding hydrogens is 290 g/mol. The number of nitrogens with one attached hydrogen (secondary N) is 3. The van der Waals surface area contributed by atoms with Crippen molar-refractivity contribution in [2.45, 2.75) is 45.1 Å². The van der Waals surface area contributed by atoms with E-state index in [4.69, 9.17) is 0 Å². The quantitative estimate of drug-likeness (QED) is 0.364. The maximum atomic E-state index is 11.6.